The maximum Gasteiger partial charge on any atom is 0.454 e. The van der Waals surface area contributed by atoms with Crippen LogP contribution in [0.1, 0.15) is 5.56 Å². The lowest BCUT2D eigenvalue weighted by atomic mass is 10.1. The number of hydrogen-bond acceptors (Lipinski definition) is 5. The summed E-state index contributed by atoms with van der Waals surface area (Å²) in [7, 11) is 0. The Hall–Kier alpha value is -3.33. The maximum absolute atomic E-state index is 13.1. The smallest absolute Gasteiger partial charge is 0.379 e. The number of anilines is 2. The minimum Gasteiger partial charge on any atom is -0.379 e. The van der Waals surface area contributed by atoms with Gasteiger partial charge in [-0.3, -0.25) is 9.59 Å². The fourth-order valence-electron chi connectivity index (χ4n) is 3.29. The SMILES string of the molecule is O=C(Nc1ccccc1N1CCOCC1)C(Cc1ccccc1)NC=CC(=O)C(F)(F)F. The largest absolute Gasteiger partial charge is 0.454 e. The second kappa shape index (κ2) is 10.8. The van der Waals surface area contributed by atoms with Gasteiger partial charge in [0.25, 0.3) is 5.78 Å². The average molecular weight is 447 g/mol. The number of carbonyl (C=O) groups is 2. The van der Waals surface area contributed by atoms with Gasteiger partial charge in [0.05, 0.1) is 24.6 Å². The molecule has 6 nitrogen and oxygen atoms in total. The van der Waals surface area contributed by atoms with E-state index in [9.17, 15) is 22.8 Å². The fraction of sp³-hybridized carbons (Fsp3) is 0.304. The Labute approximate surface area is 184 Å². The number of morpholine rings is 1. The van der Waals surface area contributed by atoms with Gasteiger partial charge in [0.1, 0.15) is 6.04 Å². The summed E-state index contributed by atoms with van der Waals surface area (Å²) in [5, 5.41) is 5.51. The van der Waals surface area contributed by atoms with Crippen molar-refractivity contribution in [3.63, 3.8) is 0 Å². The number of ketones is 1. The number of nitrogens with zero attached hydrogens (tertiary/aromatic N) is 1. The highest BCUT2D eigenvalue weighted by molar-refractivity contribution is 5.98. The molecule has 0 aromatic heterocycles. The van der Waals surface area contributed by atoms with E-state index in [4.69, 9.17) is 4.74 Å². The van der Waals surface area contributed by atoms with Crippen molar-refractivity contribution in [2.75, 3.05) is 36.5 Å². The van der Waals surface area contributed by atoms with Gasteiger partial charge in [-0.05, 0) is 17.7 Å². The molecule has 1 unspecified atom stereocenters. The molecule has 1 heterocycles. The number of ether oxygens (including phenoxy) is 1. The van der Waals surface area contributed by atoms with E-state index in [-0.39, 0.29) is 6.42 Å². The second-order valence-corrected chi connectivity index (χ2v) is 7.21. The third kappa shape index (κ3) is 6.58. The van der Waals surface area contributed by atoms with Crippen LogP contribution in [0.15, 0.2) is 66.9 Å². The van der Waals surface area contributed by atoms with Gasteiger partial charge in [-0.15, -0.1) is 0 Å². The minimum atomic E-state index is -4.97. The molecule has 170 valence electrons. The predicted octanol–water partition coefficient (Wildman–Crippen LogP) is 3.31. The van der Waals surface area contributed by atoms with Crippen LogP contribution >= 0.6 is 0 Å². The van der Waals surface area contributed by atoms with Crippen molar-refractivity contribution in [2.24, 2.45) is 0 Å². The number of allylic oxidation sites excluding steroid dienone is 1. The molecule has 1 aliphatic rings. The van der Waals surface area contributed by atoms with Gasteiger partial charge in [0, 0.05) is 31.8 Å². The monoisotopic (exact) mass is 447 g/mol. The molecule has 0 aliphatic carbocycles. The zero-order valence-corrected chi connectivity index (χ0v) is 17.3. The van der Waals surface area contributed by atoms with E-state index in [1.54, 1.807) is 24.3 Å². The summed E-state index contributed by atoms with van der Waals surface area (Å²) in [5.74, 6) is -2.43. The Kier molecular flexibility index (Phi) is 7.88. The lowest BCUT2D eigenvalue weighted by Crippen LogP contribution is -2.41. The highest BCUT2D eigenvalue weighted by Crippen LogP contribution is 2.26. The van der Waals surface area contributed by atoms with Crippen LogP contribution in [0.4, 0.5) is 24.5 Å². The first-order valence-electron chi connectivity index (χ1n) is 10.1. The van der Waals surface area contributed by atoms with Crippen LogP contribution in [-0.2, 0) is 20.7 Å². The summed E-state index contributed by atoms with van der Waals surface area (Å²) >= 11 is 0. The maximum atomic E-state index is 13.1. The molecule has 1 atom stereocenters. The Morgan fingerprint density at radius 1 is 1.03 bits per heavy atom. The van der Waals surface area contributed by atoms with Gasteiger partial charge in [-0.2, -0.15) is 13.2 Å². The Balaban J connectivity index is 1.76. The van der Waals surface area contributed by atoms with E-state index < -0.39 is 23.9 Å². The summed E-state index contributed by atoms with van der Waals surface area (Å²) in [6.07, 6.45) is -3.49. The number of hydrogen-bond donors (Lipinski definition) is 2. The molecular weight excluding hydrogens is 423 g/mol. The molecule has 1 aliphatic heterocycles. The highest BCUT2D eigenvalue weighted by atomic mass is 19.4. The number of amides is 1. The van der Waals surface area contributed by atoms with E-state index in [1.807, 2.05) is 30.3 Å². The number of benzene rings is 2. The highest BCUT2D eigenvalue weighted by Gasteiger charge is 2.36. The lowest BCUT2D eigenvalue weighted by Gasteiger charge is -2.30. The average Bonchev–Trinajstić information content (AvgIpc) is 2.79. The molecule has 32 heavy (non-hydrogen) atoms. The van der Waals surface area contributed by atoms with E-state index in [2.05, 4.69) is 15.5 Å². The van der Waals surface area contributed by atoms with Crippen LogP contribution in [0.2, 0.25) is 0 Å². The number of rotatable bonds is 8. The van der Waals surface area contributed by atoms with E-state index >= 15 is 0 Å². The molecular formula is C23H24F3N3O3. The summed E-state index contributed by atoms with van der Waals surface area (Å²) < 4.78 is 42.8. The zero-order chi connectivity index (χ0) is 23.0. The molecule has 2 aromatic carbocycles. The third-order valence-electron chi connectivity index (χ3n) is 4.92. The van der Waals surface area contributed by atoms with Crippen LogP contribution in [0, 0.1) is 0 Å². The van der Waals surface area contributed by atoms with Crippen molar-refractivity contribution in [3.8, 4) is 0 Å². The summed E-state index contributed by atoms with van der Waals surface area (Å²) in [4.78, 5) is 26.3. The molecule has 0 spiro atoms. The van der Waals surface area contributed by atoms with Crippen LogP contribution in [0.25, 0.3) is 0 Å². The molecule has 0 radical (unpaired) electrons. The Morgan fingerprint density at radius 3 is 2.38 bits per heavy atom. The van der Waals surface area contributed by atoms with Crippen molar-refractivity contribution in [1.82, 2.24) is 5.32 Å². The van der Waals surface area contributed by atoms with Crippen molar-refractivity contribution in [2.45, 2.75) is 18.6 Å². The number of nitrogens with one attached hydrogen (secondary N) is 2. The van der Waals surface area contributed by atoms with Crippen LogP contribution in [-0.4, -0.2) is 50.2 Å². The topological polar surface area (TPSA) is 70.7 Å². The van der Waals surface area contributed by atoms with Crippen LogP contribution in [0.3, 0.4) is 0 Å². The Morgan fingerprint density at radius 2 is 1.69 bits per heavy atom. The molecule has 0 saturated carbocycles. The Bertz CT molecular complexity index is 942. The van der Waals surface area contributed by atoms with Gasteiger partial charge in [-0.1, -0.05) is 42.5 Å². The zero-order valence-electron chi connectivity index (χ0n) is 17.3. The van der Waals surface area contributed by atoms with Gasteiger partial charge >= 0.3 is 6.18 Å². The third-order valence-corrected chi connectivity index (χ3v) is 4.92. The molecule has 2 N–H and O–H groups in total. The van der Waals surface area contributed by atoms with Crippen LogP contribution in [0.5, 0.6) is 0 Å². The number of carbonyl (C=O) groups excluding carboxylic acids is 2. The standard InChI is InChI=1S/C23H24F3N3O3/c24-23(25,26)21(30)10-11-27-19(16-17-6-2-1-3-7-17)22(31)28-18-8-4-5-9-20(18)29-12-14-32-15-13-29/h1-11,19,27H,12-16H2,(H,28,31). The molecule has 1 amide bonds. The number of halogens is 3. The van der Waals surface area contributed by atoms with Gasteiger partial charge in [0.2, 0.25) is 5.91 Å². The number of para-hydroxylation sites is 2. The molecule has 3 rings (SSSR count). The second-order valence-electron chi connectivity index (χ2n) is 7.21. The fourth-order valence-corrected chi connectivity index (χ4v) is 3.29. The lowest BCUT2D eigenvalue weighted by molar-refractivity contribution is -0.165. The first kappa shape index (κ1) is 23.3. The van der Waals surface area contributed by atoms with Gasteiger partial charge in [0.15, 0.2) is 0 Å². The molecule has 9 heteroatoms. The molecule has 1 fully saturated rings. The minimum absolute atomic E-state index is 0.219. The van der Waals surface area contributed by atoms with E-state index in [1.165, 1.54) is 0 Å². The first-order valence-corrected chi connectivity index (χ1v) is 10.1. The van der Waals surface area contributed by atoms with Crippen LogP contribution < -0.4 is 15.5 Å². The van der Waals surface area contributed by atoms with E-state index in [0.717, 1.165) is 17.5 Å². The van der Waals surface area contributed by atoms with Crippen molar-refractivity contribution in [3.05, 3.63) is 72.4 Å². The summed E-state index contributed by atoms with van der Waals surface area (Å²) in [5.41, 5.74) is 2.25. The van der Waals surface area contributed by atoms with Gasteiger partial charge in [-0.25, -0.2) is 0 Å². The van der Waals surface area contributed by atoms with Crippen molar-refractivity contribution < 1.29 is 27.5 Å². The first-order chi connectivity index (χ1) is 15.3. The normalized spacial score (nSPS) is 15.4. The quantitative estimate of drug-likeness (QED) is 0.608. The molecule has 2 aromatic rings. The summed E-state index contributed by atoms with van der Waals surface area (Å²) in [6, 6.07) is 15.5. The van der Waals surface area contributed by atoms with Crippen molar-refractivity contribution >= 4 is 23.1 Å². The number of alkyl halides is 3. The van der Waals surface area contributed by atoms with E-state index in [0.29, 0.717) is 38.1 Å². The summed E-state index contributed by atoms with van der Waals surface area (Å²) in [6.45, 7) is 2.53. The molecule has 1 saturated heterocycles. The molecule has 0 bridgehead atoms. The predicted molar refractivity (Wildman–Crippen MR) is 115 cm³/mol. The van der Waals surface area contributed by atoms with Gasteiger partial charge < -0.3 is 20.3 Å². The van der Waals surface area contributed by atoms with Crippen molar-refractivity contribution in [1.29, 1.82) is 0 Å².